The third kappa shape index (κ3) is 10.2. The zero-order valence-corrected chi connectivity index (χ0v) is 21.9. The number of aryl methyl sites for hydroxylation is 3. The summed E-state index contributed by atoms with van der Waals surface area (Å²) in [6.07, 6.45) is 13.2. The highest BCUT2D eigenvalue weighted by atomic mass is 16.5. The lowest BCUT2D eigenvalue weighted by Crippen LogP contribution is -2.09. The molecule has 0 saturated carbocycles. The number of ether oxygens (including phenoxy) is 2. The molecule has 0 saturated heterocycles. The van der Waals surface area contributed by atoms with Crippen molar-refractivity contribution in [2.45, 2.75) is 39.5 Å². The van der Waals surface area contributed by atoms with Gasteiger partial charge in [-0.3, -0.25) is 0 Å². The maximum atomic E-state index is 11.3. The Balaban J connectivity index is 2.19. The average Bonchev–Trinajstić information content (AvgIpc) is 2.91. The van der Waals surface area contributed by atoms with Gasteiger partial charge in [0.1, 0.15) is 0 Å². The summed E-state index contributed by atoms with van der Waals surface area (Å²) in [7, 11) is 0. The summed E-state index contributed by atoms with van der Waals surface area (Å²) in [5.74, 6) is -0.805. The van der Waals surface area contributed by atoms with Gasteiger partial charge in [-0.15, -0.1) is 0 Å². The van der Waals surface area contributed by atoms with Crippen LogP contribution in [-0.4, -0.2) is 25.2 Å². The van der Waals surface area contributed by atoms with E-state index in [1.54, 1.807) is 6.08 Å². The minimum Gasteiger partial charge on any atom is -0.463 e. The zero-order valence-electron chi connectivity index (χ0n) is 21.9. The standard InChI is InChI=1S/C32H37NO4/c1-6-11-27(12-9-22-36-31(34)7-2)20-21-33(30-17-14-25(4)26(5)24-30)29-18-15-28(16-19-29)13-10-23-37-32(35)8-3/h6-8,11,14-21,24H,1-3,9-10,12-13,22-23H2,4-5H3/b21-20-,27-11-. The number of esters is 2. The molecule has 5 nitrogen and oxygen atoms in total. The van der Waals surface area contributed by atoms with Crippen molar-refractivity contribution < 1.29 is 19.1 Å². The monoisotopic (exact) mass is 499 g/mol. The number of rotatable bonds is 15. The van der Waals surface area contributed by atoms with E-state index in [4.69, 9.17) is 9.47 Å². The van der Waals surface area contributed by atoms with Crippen LogP contribution in [0.25, 0.3) is 0 Å². The predicted octanol–water partition coefficient (Wildman–Crippen LogP) is 7.24. The number of benzene rings is 2. The number of carbonyl (C=O) groups excluding carboxylic acids is 2. The van der Waals surface area contributed by atoms with Crippen LogP contribution in [0.5, 0.6) is 0 Å². The number of carbonyl (C=O) groups is 2. The number of hydrogen-bond donors (Lipinski definition) is 0. The van der Waals surface area contributed by atoms with E-state index in [9.17, 15) is 9.59 Å². The van der Waals surface area contributed by atoms with Gasteiger partial charge in [0, 0.05) is 29.7 Å². The fourth-order valence-electron chi connectivity index (χ4n) is 3.58. The maximum Gasteiger partial charge on any atom is 0.330 e. The molecule has 37 heavy (non-hydrogen) atoms. The molecule has 0 N–H and O–H groups in total. The molecule has 0 aliphatic rings. The second-order valence-corrected chi connectivity index (χ2v) is 8.55. The van der Waals surface area contributed by atoms with Crippen LogP contribution in [-0.2, 0) is 25.5 Å². The van der Waals surface area contributed by atoms with E-state index in [1.807, 2.05) is 6.08 Å². The molecule has 194 valence electrons. The Morgan fingerprint density at radius 2 is 1.46 bits per heavy atom. The van der Waals surface area contributed by atoms with Gasteiger partial charge in [-0.1, -0.05) is 50.1 Å². The fourth-order valence-corrected chi connectivity index (χ4v) is 3.58. The Hall–Kier alpha value is -4.12. The van der Waals surface area contributed by atoms with Crippen LogP contribution in [0.4, 0.5) is 11.4 Å². The number of hydrogen-bond acceptors (Lipinski definition) is 5. The summed E-state index contributed by atoms with van der Waals surface area (Å²) in [5, 5.41) is 0. The predicted molar refractivity (Wildman–Crippen MR) is 152 cm³/mol. The van der Waals surface area contributed by atoms with Gasteiger partial charge in [-0.25, -0.2) is 9.59 Å². The smallest absolute Gasteiger partial charge is 0.330 e. The average molecular weight is 500 g/mol. The van der Waals surface area contributed by atoms with Gasteiger partial charge in [0.05, 0.1) is 13.2 Å². The van der Waals surface area contributed by atoms with Crippen molar-refractivity contribution in [3.8, 4) is 0 Å². The molecule has 0 spiro atoms. The van der Waals surface area contributed by atoms with Crippen molar-refractivity contribution >= 4 is 23.3 Å². The first-order chi connectivity index (χ1) is 17.9. The summed E-state index contributed by atoms with van der Waals surface area (Å²) in [4.78, 5) is 24.6. The first-order valence-electron chi connectivity index (χ1n) is 12.4. The lowest BCUT2D eigenvalue weighted by atomic mass is 10.1. The molecule has 0 aromatic heterocycles. The molecular weight excluding hydrogens is 462 g/mol. The molecule has 0 aliphatic heterocycles. The maximum absolute atomic E-state index is 11.3. The lowest BCUT2D eigenvalue weighted by Gasteiger charge is -2.22. The molecule has 0 radical (unpaired) electrons. The molecule has 0 atom stereocenters. The fraction of sp³-hybridized carbons (Fsp3) is 0.250. The first-order valence-corrected chi connectivity index (χ1v) is 12.4. The van der Waals surface area contributed by atoms with E-state index >= 15 is 0 Å². The van der Waals surface area contributed by atoms with Gasteiger partial charge in [0.15, 0.2) is 0 Å². The van der Waals surface area contributed by atoms with Gasteiger partial charge in [-0.05, 0) is 92.1 Å². The van der Waals surface area contributed by atoms with Crippen LogP contribution in [0.2, 0.25) is 0 Å². The van der Waals surface area contributed by atoms with Crippen molar-refractivity contribution in [3.05, 3.63) is 121 Å². The first kappa shape index (κ1) is 29.1. The van der Waals surface area contributed by atoms with Gasteiger partial charge in [0.2, 0.25) is 0 Å². The largest absolute Gasteiger partial charge is 0.463 e. The molecule has 2 aromatic rings. The summed E-state index contributed by atoms with van der Waals surface area (Å²) in [6, 6.07) is 14.8. The van der Waals surface area contributed by atoms with Crippen molar-refractivity contribution in [2.75, 3.05) is 18.1 Å². The molecule has 0 bridgehead atoms. The van der Waals surface area contributed by atoms with Gasteiger partial charge in [-0.2, -0.15) is 0 Å². The van der Waals surface area contributed by atoms with Crippen LogP contribution in [0.1, 0.15) is 36.0 Å². The van der Waals surface area contributed by atoms with Crippen molar-refractivity contribution in [2.24, 2.45) is 0 Å². The van der Waals surface area contributed by atoms with Crippen molar-refractivity contribution in [3.63, 3.8) is 0 Å². The van der Waals surface area contributed by atoms with E-state index in [0.29, 0.717) is 19.6 Å². The Labute approximate surface area is 221 Å². The molecule has 0 fully saturated rings. The van der Waals surface area contributed by atoms with E-state index in [0.717, 1.165) is 36.2 Å². The Morgan fingerprint density at radius 1 is 0.838 bits per heavy atom. The zero-order chi connectivity index (χ0) is 27.0. The minimum absolute atomic E-state index is 0.336. The van der Waals surface area contributed by atoms with Gasteiger partial charge in [0.25, 0.3) is 0 Å². The number of allylic oxidation sites excluding steroid dienone is 4. The molecule has 2 aromatic carbocycles. The topological polar surface area (TPSA) is 55.8 Å². The highest BCUT2D eigenvalue weighted by molar-refractivity contribution is 5.81. The highest BCUT2D eigenvalue weighted by Gasteiger charge is 2.09. The van der Waals surface area contributed by atoms with Crippen LogP contribution in [0.15, 0.2) is 104 Å². The number of nitrogens with zero attached hydrogens (tertiary/aromatic N) is 1. The molecule has 0 heterocycles. The minimum atomic E-state index is -0.410. The summed E-state index contributed by atoms with van der Waals surface area (Å²) < 4.78 is 10.2. The molecule has 5 heteroatoms. The van der Waals surface area contributed by atoms with Crippen LogP contribution in [0.3, 0.4) is 0 Å². The third-order valence-electron chi connectivity index (χ3n) is 5.79. The van der Waals surface area contributed by atoms with Gasteiger partial charge < -0.3 is 14.4 Å². The molecule has 0 aliphatic carbocycles. The Kier molecular flexibility index (Phi) is 12.4. The van der Waals surface area contributed by atoms with Crippen LogP contribution < -0.4 is 4.90 Å². The van der Waals surface area contributed by atoms with Crippen LogP contribution in [0, 0.1) is 13.8 Å². The molecule has 2 rings (SSSR count). The van der Waals surface area contributed by atoms with Gasteiger partial charge >= 0.3 is 11.9 Å². The Morgan fingerprint density at radius 3 is 2.05 bits per heavy atom. The normalized spacial score (nSPS) is 11.1. The van der Waals surface area contributed by atoms with E-state index in [-0.39, 0.29) is 0 Å². The van der Waals surface area contributed by atoms with Crippen molar-refractivity contribution in [1.29, 1.82) is 0 Å². The Bertz CT molecular complexity index is 1140. The second-order valence-electron chi connectivity index (χ2n) is 8.55. The van der Waals surface area contributed by atoms with E-state index in [2.05, 4.69) is 93.2 Å². The van der Waals surface area contributed by atoms with E-state index in [1.165, 1.54) is 28.8 Å². The number of anilines is 2. The highest BCUT2D eigenvalue weighted by Crippen LogP contribution is 2.29. The summed E-state index contributed by atoms with van der Waals surface area (Å²) >= 11 is 0. The van der Waals surface area contributed by atoms with E-state index < -0.39 is 11.9 Å². The molecule has 0 amide bonds. The second kappa shape index (κ2) is 15.8. The SMILES string of the molecule is C=C/C=C(\C=C/N(c1ccc(CCCOC(=O)C=C)cc1)c1ccc(C)c(C)c1)CCCOC(=O)C=C. The van der Waals surface area contributed by atoms with Crippen LogP contribution >= 0.6 is 0 Å². The quantitative estimate of drug-likeness (QED) is 0.112. The van der Waals surface area contributed by atoms with Crippen molar-refractivity contribution in [1.82, 2.24) is 0 Å². The summed E-state index contributed by atoms with van der Waals surface area (Å²) in [5.41, 5.74) is 6.78. The summed E-state index contributed by atoms with van der Waals surface area (Å²) in [6.45, 7) is 15.6. The molecule has 0 unspecified atom stereocenters. The molecular formula is C32H37NO4. The lowest BCUT2D eigenvalue weighted by molar-refractivity contribution is -0.138. The third-order valence-corrected chi connectivity index (χ3v) is 5.79.